The number of nitrogens with zero attached hydrogens (tertiary/aromatic N) is 5. The fourth-order valence-corrected chi connectivity index (χ4v) is 4.69. The lowest BCUT2D eigenvalue weighted by molar-refractivity contribution is 0.0386. The molecule has 30 heavy (non-hydrogen) atoms. The van der Waals surface area contributed by atoms with E-state index in [0.29, 0.717) is 6.54 Å². The van der Waals surface area contributed by atoms with Gasteiger partial charge >= 0.3 is 0 Å². The number of sulfone groups is 1. The van der Waals surface area contributed by atoms with E-state index in [4.69, 9.17) is 0 Å². The number of rotatable bonds is 6. The standard InChI is InChI=1S/C21H22N6O2S/c1-3-30(28,29)17-6-4-5-15(11-17)19(7-9-22)27-13-16(12-26(27)2)20-18-8-10-23-21(18)25-14-24-20/h4-6,8,10-11,13-14,19H,3,7,12H2,1-2H3,(H,23,24,25)/t19-/m0/s1. The zero-order valence-corrected chi connectivity index (χ0v) is 17.6. The van der Waals surface area contributed by atoms with Crippen LogP contribution in [0.1, 0.15) is 30.6 Å². The summed E-state index contributed by atoms with van der Waals surface area (Å²) in [5, 5.41) is 14.4. The number of nitrogens with one attached hydrogen (secondary N) is 1. The van der Waals surface area contributed by atoms with Gasteiger partial charge in [0.05, 0.1) is 34.9 Å². The molecule has 9 heteroatoms. The van der Waals surface area contributed by atoms with Gasteiger partial charge in [-0.05, 0) is 23.8 Å². The number of hydrogen-bond donors (Lipinski definition) is 1. The molecule has 1 aliphatic rings. The monoisotopic (exact) mass is 422 g/mol. The number of aromatic nitrogens is 3. The Morgan fingerprint density at radius 3 is 2.90 bits per heavy atom. The van der Waals surface area contributed by atoms with Crippen LogP contribution >= 0.6 is 0 Å². The van der Waals surface area contributed by atoms with Crippen molar-refractivity contribution in [2.45, 2.75) is 24.3 Å². The van der Waals surface area contributed by atoms with E-state index in [9.17, 15) is 13.7 Å². The Kier molecular flexibility index (Phi) is 5.28. The van der Waals surface area contributed by atoms with E-state index in [1.165, 1.54) is 6.33 Å². The van der Waals surface area contributed by atoms with E-state index in [0.717, 1.165) is 27.9 Å². The highest BCUT2D eigenvalue weighted by atomic mass is 32.2. The summed E-state index contributed by atoms with van der Waals surface area (Å²) in [6.45, 7) is 2.24. The number of hydrogen-bond acceptors (Lipinski definition) is 7. The van der Waals surface area contributed by atoms with Crippen LogP contribution in [0.5, 0.6) is 0 Å². The van der Waals surface area contributed by atoms with E-state index in [2.05, 4.69) is 21.0 Å². The smallest absolute Gasteiger partial charge is 0.178 e. The van der Waals surface area contributed by atoms with Crippen molar-refractivity contribution in [2.75, 3.05) is 19.3 Å². The topological polar surface area (TPSA) is 106 Å². The van der Waals surface area contributed by atoms with Gasteiger partial charge in [0.1, 0.15) is 12.0 Å². The maximum atomic E-state index is 12.3. The Bertz CT molecular complexity index is 1260. The lowest BCUT2D eigenvalue weighted by atomic mass is 10.0. The normalized spacial score (nSPS) is 15.9. The van der Waals surface area contributed by atoms with Gasteiger partial charge in [-0.1, -0.05) is 19.1 Å². The maximum absolute atomic E-state index is 12.3. The first-order valence-corrected chi connectivity index (χ1v) is 11.3. The van der Waals surface area contributed by atoms with Crippen LogP contribution in [0, 0.1) is 11.3 Å². The summed E-state index contributed by atoms with van der Waals surface area (Å²) < 4.78 is 24.7. The summed E-state index contributed by atoms with van der Waals surface area (Å²) in [7, 11) is -1.39. The first-order valence-electron chi connectivity index (χ1n) is 9.63. The number of fused-ring (bicyclic) bond motifs is 1. The van der Waals surface area contributed by atoms with Crippen LogP contribution in [0.15, 0.2) is 54.0 Å². The van der Waals surface area contributed by atoms with Crippen molar-refractivity contribution >= 4 is 26.4 Å². The predicted octanol–water partition coefficient (Wildman–Crippen LogP) is 2.91. The van der Waals surface area contributed by atoms with Gasteiger partial charge in [0.2, 0.25) is 0 Å². The third-order valence-electron chi connectivity index (χ3n) is 5.33. The Hall–Kier alpha value is -3.22. The largest absolute Gasteiger partial charge is 0.346 e. The van der Waals surface area contributed by atoms with Crippen LogP contribution in [0.25, 0.3) is 16.6 Å². The molecule has 4 rings (SSSR count). The SMILES string of the molecule is CCS(=O)(=O)c1cccc([C@H](CC#N)N2C=C(c3ncnc4[nH]ccc34)CN2C)c1. The molecule has 1 aliphatic heterocycles. The molecular weight excluding hydrogens is 400 g/mol. The Morgan fingerprint density at radius 1 is 1.30 bits per heavy atom. The second-order valence-electron chi connectivity index (χ2n) is 7.17. The number of H-pyrrole nitrogens is 1. The van der Waals surface area contributed by atoms with Gasteiger partial charge in [-0.25, -0.2) is 23.4 Å². The van der Waals surface area contributed by atoms with E-state index in [1.54, 1.807) is 25.1 Å². The molecule has 1 N–H and O–H groups in total. The highest BCUT2D eigenvalue weighted by Crippen LogP contribution is 2.34. The molecule has 0 bridgehead atoms. The molecule has 3 aromatic rings. The average molecular weight is 423 g/mol. The van der Waals surface area contributed by atoms with Gasteiger partial charge in [-0.15, -0.1) is 0 Å². The summed E-state index contributed by atoms with van der Waals surface area (Å²) >= 11 is 0. The third kappa shape index (κ3) is 3.56. The summed E-state index contributed by atoms with van der Waals surface area (Å²) in [5.74, 6) is 0.0351. The molecule has 0 saturated heterocycles. The van der Waals surface area contributed by atoms with Crippen LogP contribution in [0.4, 0.5) is 0 Å². The molecule has 154 valence electrons. The predicted molar refractivity (Wildman–Crippen MR) is 113 cm³/mol. The van der Waals surface area contributed by atoms with Crippen LogP contribution in [-0.4, -0.2) is 52.7 Å². The van der Waals surface area contributed by atoms with Crippen molar-refractivity contribution in [3.05, 3.63) is 60.3 Å². The minimum Gasteiger partial charge on any atom is -0.346 e. The molecule has 8 nitrogen and oxygen atoms in total. The highest BCUT2D eigenvalue weighted by molar-refractivity contribution is 7.91. The summed E-state index contributed by atoms with van der Waals surface area (Å²) in [5.41, 5.74) is 3.40. The van der Waals surface area contributed by atoms with Gasteiger partial charge in [-0.2, -0.15) is 5.26 Å². The maximum Gasteiger partial charge on any atom is 0.178 e. The number of aromatic amines is 1. The van der Waals surface area contributed by atoms with Gasteiger partial charge in [0.15, 0.2) is 9.84 Å². The molecule has 3 heterocycles. The second-order valence-corrected chi connectivity index (χ2v) is 9.44. The molecular formula is C21H22N6O2S. The molecule has 1 aromatic carbocycles. The van der Waals surface area contributed by atoms with E-state index in [1.807, 2.05) is 41.6 Å². The van der Waals surface area contributed by atoms with Crippen molar-refractivity contribution in [2.24, 2.45) is 0 Å². The number of benzene rings is 1. The molecule has 0 unspecified atom stereocenters. The van der Waals surface area contributed by atoms with Gasteiger partial charge in [0.25, 0.3) is 0 Å². The average Bonchev–Trinajstić information content (AvgIpc) is 3.38. The molecule has 0 saturated carbocycles. The van der Waals surface area contributed by atoms with E-state index in [-0.39, 0.29) is 23.1 Å². The van der Waals surface area contributed by atoms with Gasteiger partial charge in [0, 0.05) is 36.9 Å². The van der Waals surface area contributed by atoms with Crippen molar-refractivity contribution < 1.29 is 8.42 Å². The van der Waals surface area contributed by atoms with Crippen LogP contribution < -0.4 is 0 Å². The number of likely N-dealkylation sites (N-methyl/N-ethyl adjacent to an activating group) is 1. The molecule has 0 aliphatic carbocycles. The van der Waals surface area contributed by atoms with Crippen molar-refractivity contribution in [1.29, 1.82) is 5.26 Å². The minimum absolute atomic E-state index is 0.0351. The summed E-state index contributed by atoms with van der Waals surface area (Å²) in [4.78, 5) is 12.1. The molecule has 2 aromatic heterocycles. The van der Waals surface area contributed by atoms with Crippen molar-refractivity contribution in [1.82, 2.24) is 25.0 Å². The fourth-order valence-electron chi connectivity index (χ4n) is 3.75. The number of nitriles is 1. The Labute approximate surface area is 175 Å². The zero-order valence-electron chi connectivity index (χ0n) is 16.8. The van der Waals surface area contributed by atoms with E-state index >= 15 is 0 Å². The van der Waals surface area contributed by atoms with Crippen LogP contribution in [0.3, 0.4) is 0 Å². The Morgan fingerprint density at radius 2 is 2.13 bits per heavy atom. The highest BCUT2D eigenvalue weighted by Gasteiger charge is 2.29. The molecule has 1 atom stereocenters. The fraction of sp³-hybridized carbons (Fsp3) is 0.286. The van der Waals surface area contributed by atoms with Crippen LogP contribution in [0.2, 0.25) is 0 Å². The lowest BCUT2D eigenvalue weighted by Crippen LogP contribution is -2.35. The first-order chi connectivity index (χ1) is 14.4. The summed E-state index contributed by atoms with van der Waals surface area (Å²) in [6, 6.07) is 10.7. The second kappa shape index (κ2) is 7.89. The number of hydrazine groups is 1. The molecule has 0 fully saturated rings. The third-order valence-corrected chi connectivity index (χ3v) is 7.06. The zero-order chi connectivity index (χ0) is 21.3. The molecule has 0 amide bonds. The first kappa shape index (κ1) is 20.1. The molecule has 0 radical (unpaired) electrons. The van der Waals surface area contributed by atoms with Gasteiger partial charge < -0.3 is 9.99 Å². The van der Waals surface area contributed by atoms with Gasteiger partial charge in [-0.3, -0.25) is 0 Å². The lowest BCUT2D eigenvalue weighted by Gasteiger charge is -2.32. The van der Waals surface area contributed by atoms with Crippen molar-refractivity contribution in [3.63, 3.8) is 0 Å². The molecule has 0 spiro atoms. The minimum atomic E-state index is -3.33. The van der Waals surface area contributed by atoms with Crippen molar-refractivity contribution in [3.8, 4) is 6.07 Å². The van der Waals surface area contributed by atoms with Crippen LogP contribution in [-0.2, 0) is 9.84 Å². The van der Waals surface area contributed by atoms with E-state index < -0.39 is 9.84 Å². The Balaban J connectivity index is 1.74. The quantitative estimate of drug-likeness (QED) is 0.651. The summed E-state index contributed by atoms with van der Waals surface area (Å²) in [6.07, 6.45) is 5.56.